The molecule has 2 aromatic rings. The molecule has 8 heteroatoms. The third-order valence-corrected chi connectivity index (χ3v) is 5.28. The highest BCUT2D eigenvalue weighted by atomic mass is 32.1. The molecule has 0 aromatic carbocycles. The van der Waals surface area contributed by atoms with E-state index in [1.54, 1.807) is 23.7 Å². The molecule has 1 amide bonds. The molecule has 0 unspecified atom stereocenters. The summed E-state index contributed by atoms with van der Waals surface area (Å²) in [5.41, 5.74) is 0.0298. The number of thiophene rings is 1. The van der Waals surface area contributed by atoms with E-state index < -0.39 is 5.60 Å². The molecular weight excluding hydrogens is 340 g/mol. The van der Waals surface area contributed by atoms with E-state index in [0.717, 1.165) is 11.4 Å². The predicted octanol–water partition coefficient (Wildman–Crippen LogP) is 1.04. The first kappa shape index (κ1) is 16.6. The van der Waals surface area contributed by atoms with Crippen molar-refractivity contribution < 1.29 is 14.3 Å². The summed E-state index contributed by atoms with van der Waals surface area (Å²) >= 11 is 1.58. The SMILES string of the molecule is O=C(c1cnc(-c2cccs2)nc1)N1CCO[C@@]2(CNCCOC2)C1. The van der Waals surface area contributed by atoms with E-state index in [9.17, 15) is 4.79 Å². The van der Waals surface area contributed by atoms with Crippen LogP contribution in [0.2, 0.25) is 0 Å². The lowest BCUT2D eigenvalue weighted by atomic mass is 10.0. The van der Waals surface area contributed by atoms with Crippen molar-refractivity contribution in [1.82, 2.24) is 20.2 Å². The van der Waals surface area contributed by atoms with Crippen molar-refractivity contribution in [1.29, 1.82) is 0 Å². The molecule has 2 aliphatic rings. The van der Waals surface area contributed by atoms with Crippen molar-refractivity contribution in [2.45, 2.75) is 5.60 Å². The Morgan fingerprint density at radius 3 is 3.00 bits per heavy atom. The monoisotopic (exact) mass is 360 g/mol. The Morgan fingerprint density at radius 1 is 1.32 bits per heavy atom. The number of aromatic nitrogens is 2. The second kappa shape index (κ2) is 7.17. The zero-order valence-electron chi connectivity index (χ0n) is 13.8. The highest BCUT2D eigenvalue weighted by Crippen LogP contribution is 2.23. The first-order chi connectivity index (χ1) is 12.3. The Labute approximate surface area is 150 Å². The number of hydrogen-bond donors (Lipinski definition) is 1. The molecule has 1 N–H and O–H groups in total. The van der Waals surface area contributed by atoms with Crippen molar-refractivity contribution >= 4 is 17.2 Å². The Kier molecular flexibility index (Phi) is 4.76. The van der Waals surface area contributed by atoms with Crippen molar-refractivity contribution in [3.8, 4) is 10.7 Å². The molecule has 2 aliphatic heterocycles. The Bertz CT molecular complexity index is 712. The molecule has 25 heavy (non-hydrogen) atoms. The summed E-state index contributed by atoms with van der Waals surface area (Å²) in [6.07, 6.45) is 3.21. The van der Waals surface area contributed by atoms with Gasteiger partial charge in [0.25, 0.3) is 5.91 Å². The first-order valence-corrected chi connectivity index (χ1v) is 9.21. The van der Waals surface area contributed by atoms with Crippen LogP contribution in [0.25, 0.3) is 10.7 Å². The molecule has 4 rings (SSSR count). The minimum absolute atomic E-state index is 0.0651. The summed E-state index contributed by atoms with van der Waals surface area (Å²) in [6, 6.07) is 3.92. The maximum Gasteiger partial charge on any atom is 0.257 e. The number of hydrogen-bond acceptors (Lipinski definition) is 7. The van der Waals surface area contributed by atoms with Crippen LogP contribution in [-0.4, -0.2) is 72.4 Å². The zero-order chi connectivity index (χ0) is 17.1. The van der Waals surface area contributed by atoms with Gasteiger partial charge in [-0.05, 0) is 11.4 Å². The van der Waals surface area contributed by atoms with E-state index in [-0.39, 0.29) is 5.91 Å². The number of rotatable bonds is 2. The first-order valence-electron chi connectivity index (χ1n) is 8.33. The number of carbonyl (C=O) groups excluding carboxylic acids is 1. The molecule has 1 spiro atoms. The molecule has 132 valence electrons. The van der Waals surface area contributed by atoms with Crippen LogP contribution in [0.15, 0.2) is 29.9 Å². The molecule has 0 aliphatic carbocycles. The fourth-order valence-corrected chi connectivity index (χ4v) is 3.81. The quantitative estimate of drug-likeness (QED) is 0.862. The maximum absolute atomic E-state index is 12.8. The van der Waals surface area contributed by atoms with Crippen LogP contribution in [0.1, 0.15) is 10.4 Å². The molecule has 0 radical (unpaired) electrons. The van der Waals surface area contributed by atoms with E-state index in [1.165, 1.54) is 0 Å². The number of nitrogens with zero attached hydrogens (tertiary/aromatic N) is 3. The van der Waals surface area contributed by atoms with Crippen molar-refractivity contribution in [2.24, 2.45) is 0 Å². The van der Waals surface area contributed by atoms with Gasteiger partial charge in [0.15, 0.2) is 5.82 Å². The topological polar surface area (TPSA) is 76.6 Å². The van der Waals surface area contributed by atoms with E-state index >= 15 is 0 Å². The van der Waals surface area contributed by atoms with Crippen LogP contribution in [0, 0.1) is 0 Å². The van der Waals surface area contributed by atoms with Crippen molar-refractivity contribution in [3.05, 3.63) is 35.5 Å². The highest BCUT2D eigenvalue weighted by molar-refractivity contribution is 7.13. The van der Waals surface area contributed by atoms with E-state index in [1.807, 2.05) is 22.4 Å². The number of amides is 1. The highest BCUT2D eigenvalue weighted by Gasteiger charge is 2.39. The molecule has 0 saturated carbocycles. The second-order valence-corrected chi connectivity index (χ2v) is 7.21. The molecular formula is C17H20N4O3S. The lowest BCUT2D eigenvalue weighted by Gasteiger charge is -2.41. The van der Waals surface area contributed by atoms with Gasteiger partial charge in [0, 0.05) is 32.0 Å². The van der Waals surface area contributed by atoms with Crippen LogP contribution in [0.5, 0.6) is 0 Å². The summed E-state index contributed by atoms with van der Waals surface area (Å²) in [4.78, 5) is 24.3. The molecule has 0 bridgehead atoms. The van der Waals surface area contributed by atoms with E-state index in [2.05, 4.69) is 15.3 Å². The van der Waals surface area contributed by atoms with E-state index in [4.69, 9.17) is 9.47 Å². The van der Waals surface area contributed by atoms with Gasteiger partial charge >= 0.3 is 0 Å². The van der Waals surface area contributed by atoms with Crippen molar-refractivity contribution in [2.75, 3.05) is 46.0 Å². The van der Waals surface area contributed by atoms with Crippen LogP contribution >= 0.6 is 11.3 Å². The van der Waals surface area contributed by atoms with Gasteiger partial charge in [0.1, 0.15) is 5.60 Å². The largest absolute Gasteiger partial charge is 0.377 e. The van der Waals surface area contributed by atoms with Gasteiger partial charge in [-0.3, -0.25) is 4.79 Å². The van der Waals surface area contributed by atoms with Gasteiger partial charge in [0.05, 0.1) is 36.8 Å². The number of nitrogens with one attached hydrogen (secondary N) is 1. The standard InChI is InChI=1S/C17H20N4O3S/c22-16(13-8-19-15(20-9-13)14-2-1-7-25-14)21-4-6-24-17(11-21)10-18-3-5-23-12-17/h1-2,7-9,18H,3-6,10-12H2/t17-/m0/s1. The van der Waals surface area contributed by atoms with Crippen molar-refractivity contribution in [3.63, 3.8) is 0 Å². The zero-order valence-corrected chi connectivity index (χ0v) is 14.6. The molecule has 2 fully saturated rings. The maximum atomic E-state index is 12.8. The smallest absolute Gasteiger partial charge is 0.257 e. The number of ether oxygens (including phenoxy) is 2. The average molecular weight is 360 g/mol. The summed E-state index contributed by atoms with van der Waals surface area (Å²) in [5, 5.41) is 5.30. The molecule has 4 heterocycles. The third kappa shape index (κ3) is 3.57. The molecule has 1 atom stereocenters. The van der Waals surface area contributed by atoms with Gasteiger partial charge in [-0.15, -0.1) is 11.3 Å². The van der Waals surface area contributed by atoms with Crippen LogP contribution < -0.4 is 5.32 Å². The Morgan fingerprint density at radius 2 is 2.20 bits per heavy atom. The number of carbonyl (C=O) groups is 1. The Hall–Kier alpha value is -1.87. The van der Waals surface area contributed by atoms with Gasteiger partial charge in [0.2, 0.25) is 0 Å². The van der Waals surface area contributed by atoms with Gasteiger partial charge in [-0.25, -0.2) is 9.97 Å². The lowest BCUT2D eigenvalue weighted by Crippen LogP contribution is -2.59. The van der Waals surface area contributed by atoms with Gasteiger partial charge in [-0.1, -0.05) is 6.07 Å². The minimum atomic E-state index is -0.470. The normalized spacial score (nSPS) is 24.2. The summed E-state index contributed by atoms with van der Waals surface area (Å²) in [5.74, 6) is 0.580. The van der Waals surface area contributed by atoms with Crippen LogP contribution in [0.3, 0.4) is 0 Å². The summed E-state index contributed by atoms with van der Waals surface area (Å²) in [6.45, 7) is 4.22. The van der Waals surface area contributed by atoms with Gasteiger partial charge < -0.3 is 19.7 Å². The molecule has 2 aromatic heterocycles. The second-order valence-electron chi connectivity index (χ2n) is 6.26. The van der Waals surface area contributed by atoms with Gasteiger partial charge in [-0.2, -0.15) is 0 Å². The van der Waals surface area contributed by atoms with E-state index in [0.29, 0.717) is 50.8 Å². The summed E-state index contributed by atoms with van der Waals surface area (Å²) in [7, 11) is 0. The molecule has 2 saturated heterocycles. The predicted molar refractivity (Wildman–Crippen MR) is 93.6 cm³/mol. The Balaban J connectivity index is 1.48. The molecule has 7 nitrogen and oxygen atoms in total. The minimum Gasteiger partial charge on any atom is -0.377 e. The van der Waals surface area contributed by atoms with Crippen LogP contribution in [0.4, 0.5) is 0 Å². The fraction of sp³-hybridized carbons (Fsp3) is 0.471. The summed E-state index contributed by atoms with van der Waals surface area (Å²) < 4.78 is 11.6. The lowest BCUT2D eigenvalue weighted by molar-refractivity contribution is -0.125. The fourth-order valence-electron chi connectivity index (χ4n) is 3.14. The van der Waals surface area contributed by atoms with Crippen LogP contribution in [-0.2, 0) is 9.47 Å². The third-order valence-electron chi connectivity index (χ3n) is 4.41. The number of morpholine rings is 1. The average Bonchev–Trinajstić information content (AvgIpc) is 3.11.